The summed E-state index contributed by atoms with van der Waals surface area (Å²) in [5.74, 6) is 0.728. The van der Waals surface area contributed by atoms with Gasteiger partial charge in [0.2, 0.25) is 0 Å². The molecule has 0 aliphatic heterocycles. The quantitative estimate of drug-likeness (QED) is 0.607. The van der Waals surface area contributed by atoms with Gasteiger partial charge in [-0.25, -0.2) is 0 Å². The fourth-order valence-electron chi connectivity index (χ4n) is 2.07. The number of carbonyl (C=O) groups excluding carboxylic acids is 1. The van der Waals surface area contributed by atoms with E-state index in [1.54, 1.807) is 0 Å². The molecule has 1 aromatic carbocycles. The van der Waals surface area contributed by atoms with Crippen LogP contribution in [-0.2, 0) is 16.1 Å². The molecule has 1 aromatic rings. The Balaban J connectivity index is 2.56. The van der Waals surface area contributed by atoms with E-state index in [1.807, 2.05) is 20.9 Å². The van der Waals surface area contributed by atoms with Crippen LogP contribution in [-0.4, -0.2) is 26.7 Å². The highest BCUT2D eigenvalue weighted by molar-refractivity contribution is 5.69. The average molecular weight is 265 g/mol. The number of ether oxygens (including phenoxy) is 2. The van der Waals surface area contributed by atoms with Gasteiger partial charge in [0.1, 0.15) is 5.75 Å². The molecule has 0 fully saturated rings. The maximum absolute atomic E-state index is 11.0. The molecule has 0 saturated carbocycles. The lowest BCUT2D eigenvalue weighted by Crippen LogP contribution is -2.08. The first-order chi connectivity index (χ1) is 9.08. The fourth-order valence-corrected chi connectivity index (χ4v) is 2.07. The summed E-state index contributed by atoms with van der Waals surface area (Å²) in [6.07, 6.45) is 1.07. The molecule has 0 saturated heterocycles. The summed E-state index contributed by atoms with van der Waals surface area (Å²) in [6, 6.07) is 4.25. The molecule has 106 valence electrons. The van der Waals surface area contributed by atoms with Crippen molar-refractivity contribution in [2.24, 2.45) is 0 Å². The van der Waals surface area contributed by atoms with E-state index >= 15 is 0 Å². The van der Waals surface area contributed by atoms with E-state index in [0.717, 1.165) is 23.4 Å². The van der Waals surface area contributed by atoms with E-state index in [-0.39, 0.29) is 5.97 Å². The van der Waals surface area contributed by atoms with Crippen LogP contribution in [0.4, 0.5) is 0 Å². The molecule has 0 unspecified atom stereocenters. The first-order valence-corrected chi connectivity index (χ1v) is 6.52. The van der Waals surface area contributed by atoms with Crippen molar-refractivity contribution < 1.29 is 14.3 Å². The average Bonchev–Trinajstić information content (AvgIpc) is 2.37. The zero-order chi connectivity index (χ0) is 14.3. The number of esters is 1. The van der Waals surface area contributed by atoms with Crippen molar-refractivity contribution in [1.82, 2.24) is 5.32 Å². The van der Waals surface area contributed by atoms with Gasteiger partial charge < -0.3 is 14.8 Å². The highest BCUT2D eigenvalue weighted by Crippen LogP contribution is 2.25. The molecule has 0 radical (unpaired) electrons. The number of rotatable bonds is 7. The molecule has 1 N–H and O–H groups in total. The molecule has 19 heavy (non-hydrogen) atoms. The second-order valence-electron chi connectivity index (χ2n) is 4.62. The second-order valence-corrected chi connectivity index (χ2v) is 4.62. The molecule has 0 amide bonds. The third kappa shape index (κ3) is 4.91. The van der Waals surface area contributed by atoms with Crippen LogP contribution in [0.25, 0.3) is 0 Å². The maximum atomic E-state index is 11.0. The third-order valence-corrected chi connectivity index (χ3v) is 2.90. The summed E-state index contributed by atoms with van der Waals surface area (Å²) < 4.78 is 10.4. The van der Waals surface area contributed by atoms with Gasteiger partial charge in [-0.05, 0) is 44.0 Å². The van der Waals surface area contributed by atoms with Gasteiger partial charge >= 0.3 is 5.97 Å². The van der Waals surface area contributed by atoms with Crippen LogP contribution < -0.4 is 10.1 Å². The van der Waals surface area contributed by atoms with E-state index < -0.39 is 0 Å². The van der Waals surface area contributed by atoms with Crippen LogP contribution in [0.3, 0.4) is 0 Å². The van der Waals surface area contributed by atoms with Gasteiger partial charge in [-0.1, -0.05) is 12.1 Å². The first-order valence-electron chi connectivity index (χ1n) is 6.52. The number of hydrogen-bond acceptors (Lipinski definition) is 4. The number of nitrogens with one attached hydrogen (secondary N) is 1. The molecular formula is C15H23NO3. The molecule has 0 atom stereocenters. The molecule has 0 aliphatic rings. The van der Waals surface area contributed by atoms with Crippen LogP contribution in [0.1, 0.15) is 29.5 Å². The highest BCUT2D eigenvalue weighted by atomic mass is 16.5. The molecule has 0 heterocycles. The van der Waals surface area contributed by atoms with Crippen molar-refractivity contribution in [3.63, 3.8) is 0 Å². The molecule has 0 aliphatic carbocycles. The Bertz CT molecular complexity index is 406. The van der Waals surface area contributed by atoms with Crippen LogP contribution in [0, 0.1) is 13.8 Å². The first kappa shape index (κ1) is 15.5. The van der Waals surface area contributed by atoms with E-state index in [1.165, 1.54) is 12.7 Å². The largest absolute Gasteiger partial charge is 0.493 e. The standard InChI is InChI=1S/C15H23NO3/c1-11-8-13(10-16-3)9-12(2)15(11)19-7-5-6-14(17)18-4/h8-9,16H,5-7,10H2,1-4H3. The lowest BCUT2D eigenvalue weighted by molar-refractivity contribution is -0.140. The number of methoxy groups -OCH3 is 1. The van der Waals surface area contributed by atoms with Crippen molar-refractivity contribution in [3.8, 4) is 5.75 Å². The summed E-state index contributed by atoms with van der Waals surface area (Å²) in [4.78, 5) is 11.0. The van der Waals surface area contributed by atoms with E-state index in [2.05, 4.69) is 22.2 Å². The predicted octanol–water partition coefficient (Wildman–Crippen LogP) is 2.35. The molecule has 0 aromatic heterocycles. The van der Waals surface area contributed by atoms with E-state index in [4.69, 9.17) is 4.74 Å². The Hall–Kier alpha value is -1.55. The monoisotopic (exact) mass is 265 g/mol. The number of aryl methyl sites for hydroxylation is 2. The lowest BCUT2D eigenvalue weighted by Gasteiger charge is -2.14. The Morgan fingerprint density at radius 1 is 1.26 bits per heavy atom. The van der Waals surface area contributed by atoms with E-state index in [0.29, 0.717) is 19.4 Å². The zero-order valence-corrected chi connectivity index (χ0v) is 12.2. The zero-order valence-electron chi connectivity index (χ0n) is 12.2. The van der Waals surface area contributed by atoms with Crippen LogP contribution >= 0.6 is 0 Å². The lowest BCUT2D eigenvalue weighted by atomic mass is 10.1. The van der Waals surface area contributed by atoms with Gasteiger partial charge in [-0.2, -0.15) is 0 Å². The number of benzene rings is 1. The molecular weight excluding hydrogens is 242 g/mol. The molecule has 4 heteroatoms. The van der Waals surface area contributed by atoms with Crippen molar-refractivity contribution in [2.45, 2.75) is 33.2 Å². The topological polar surface area (TPSA) is 47.6 Å². The van der Waals surface area contributed by atoms with Crippen molar-refractivity contribution in [1.29, 1.82) is 0 Å². The minimum Gasteiger partial charge on any atom is -0.493 e. The maximum Gasteiger partial charge on any atom is 0.305 e. The molecule has 4 nitrogen and oxygen atoms in total. The van der Waals surface area contributed by atoms with E-state index in [9.17, 15) is 4.79 Å². The smallest absolute Gasteiger partial charge is 0.305 e. The normalized spacial score (nSPS) is 10.3. The van der Waals surface area contributed by atoms with Crippen molar-refractivity contribution in [3.05, 3.63) is 28.8 Å². The second kappa shape index (κ2) is 7.79. The van der Waals surface area contributed by atoms with Gasteiger partial charge in [0.15, 0.2) is 0 Å². The Morgan fingerprint density at radius 2 is 1.89 bits per heavy atom. The minimum absolute atomic E-state index is 0.193. The fraction of sp³-hybridized carbons (Fsp3) is 0.533. The minimum atomic E-state index is -0.193. The van der Waals surface area contributed by atoms with Gasteiger partial charge in [0.05, 0.1) is 13.7 Å². The van der Waals surface area contributed by atoms with Gasteiger partial charge in [-0.15, -0.1) is 0 Å². The summed E-state index contributed by atoms with van der Waals surface area (Å²) in [5, 5.41) is 3.14. The predicted molar refractivity (Wildman–Crippen MR) is 75.4 cm³/mol. The Kier molecular flexibility index (Phi) is 6.36. The molecule has 0 spiro atoms. The summed E-state index contributed by atoms with van der Waals surface area (Å²) in [6.45, 7) is 5.47. The summed E-state index contributed by atoms with van der Waals surface area (Å²) in [5.41, 5.74) is 3.51. The van der Waals surface area contributed by atoms with Gasteiger partial charge in [0.25, 0.3) is 0 Å². The van der Waals surface area contributed by atoms with Gasteiger partial charge in [0, 0.05) is 13.0 Å². The number of hydrogen-bond donors (Lipinski definition) is 1. The molecule has 0 bridgehead atoms. The van der Waals surface area contributed by atoms with Gasteiger partial charge in [-0.3, -0.25) is 4.79 Å². The third-order valence-electron chi connectivity index (χ3n) is 2.90. The Labute approximate surface area is 115 Å². The van der Waals surface area contributed by atoms with Crippen LogP contribution in [0.15, 0.2) is 12.1 Å². The van der Waals surface area contributed by atoms with Crippen LogP contribution in [0.5, 0.6) is 5.75 Å². The Morgan fingerprint density at radius 3 is 2.42 bits per heavy atom. The SMILES string of the molecule is CNCc1cc(C)c(OCCCC(=O)OC)c(C)c1. The van der Waals surface area contributed by atoms with Crippen molar-refractivity contribution >= 4 is 5.97 Å². The molecule has 1 rings (SSSR count). The summed E-state index contributed by atoms with van der Waals surface area (Å²) in [7, 11) is 3.33. The van der Waals surface area contributed by atoms with Crippen molar-refractivity contribution in [2.75, 3.05) is 20.8 Å². The highest BCUT2D eigenvalue weighted by Gasteiger charge is 2.07. The summed E-state index contributed by atoms with van der Waals surface area (Å²) >= 11 is 0. The van der Waals surface area contributed by atoms with Crippen LogP contribution in [0.2, 0.25) is 0 Å². The number of carbonyl (C=O) groups is 1.